The molecule has 0 aromatic carbocycles. The molecule has 21 heavy (non-hydrogen) atoms. The lowest BCUT2D eigenvalue weighted by atomic mass is 9.68. The Morgan fingerprint density at radius 1 is 1.43 bits per heavy atom. The fraction of sp³-hybridized carbons (Fsp3) is 0.765. The van der Waals surface area contributed by atoms with E-state index < -0.39 is 0 Å². The lowest BCUT2D eigenvalue weighted by Gasteiger charge is -2.38. The normalized spacial score (nSPS) is 23.8. The maximum absolute atomic E-state index is 12.2. The molecule has 3 nitrogen and oxygen atoms in total. The second-order valence-electron chi connectivity index (χ2n) is 7.56. The zero-order valence-electron chi connectivity index (χ0n) is 14.0. The Kier molecular flexibility index (Phi) is 5.20. The van der Waals surface area contributed by atoms with Gasteiger partial charge in [-0.3, -0.25) is 9.69 Å². The van der Waals surface area contributed by atoms with Gasteiger partial charge in [-0.1, -0.05) is 20.8 Å². The second-order valence-corrected chi connectivity index (χ2v) is 8.62. The van der Waals surface area contributed by atoms with Crippen molar-refractivity contribution in [1.29, 1.82) is 0 Å². The van der Waals surface area contributed by atoms with Crippen LogP contribution in [0.3, 0.4) is 0 Å². The van der Waals surface area contributed by atoms with Crippen molar-refractivity contribution in [2.45, 2.75) is 53.5 Å². The van der Waals surface area contributed by atoms with E-state index in [1.807, 2.05) is 6.92 Å². The van der Waals surface area contributed by atoms with Gasteiger partial charge in [0.2, 0.25) is 0 Å². The van der Waals surface area contributed by atoms with E-state index >= 15 is 0 Å². The number of Topliss-reactive ketones (excluding diaryl/α,β-unsaturated/α-hetero) is 1. The summed E-state index contributed by atoms with van der Waals surface area (Å²) in [7, 11) is 2.10. The lowest BCUT2D eigenvalue weighted by molar-refractivity contribution is -0.127. The number of aromatic nitrogens is 1. The monoisotopic (exact) mass is 308 g/mol. The molecule has 2 atom stereocenters. The van der Waals surface area contributed by atoms with Crippen LogP contribution in [0.25, 0.3) is 0 Å². The van der Waals surface area contributed by atoms with Crippen molar-refractivity contribution in [2.75, 3.05) is 13.6 Å². The summed E-state index contributed by atoms with van der Waals surface area (Å²) in [5.41, 5.74) is 1.43. The molecule has 1 aromatic heterocycles. The summed E-state index contributed by atoms with van der Waals surface area (Å²) in [4.78, 5) is 19.0. The van der Waals surface area contributed by atoms with E-state index in [1.165, 1.54) is 0 Å². The van der Waals surface area contributed by atoms with Crippen LogP contribution in [-0.4, -0.2) is 29.3 Å². The molecule has 1 aliphatic carbocycles. The summed E-state index contributed by atoms with van der Waals surface area (Å²) in [6.45, 7) is 10.6. The van der Waals surface area contributed by atoms with E-state index in [1.54, 1.807) is 11.3 Å². The first-order valence-electron chi connectivity index (χ1n) is 7.88. The van der Waals surface area contributed by atoms with Gasteiger partial charge in [-0.25, -0.2) is 4.98 Å². The molecule has 2 rings (SSSR count). The van der Waals surface area contributed by atoms with E-state index in [9.17, 15) is 4.79 Å². The largest absolute Gasteiger partial charge is 0.300 e. The van der Waals surface area contributed by atoms with E-state index in [0.29, 0.717) is 17.1 Å². The predicted octanol–water partition coefficient (Wildman–Crippen LogP) is 3.91. The zero-order valence-corrected chi connectivity index (χ0v) is 14.8. The highest BCUT2D eigenvalue weighted by molar-refractivity contribution is 7.09. The molecule has 2 unspecified atom stereocenters. The molecular weight excluding hydrogens is 280 g/mol. The van der Waals surface area contributed by atoms with Crippen LogP contribution in [0.5, 0.6) is 0 Å². The maximum atomic E-state index is 12.2. The Bertz CT molecular complexity index is 489. The van der Waals surface area contributed by atoms with Gasteiger partial charge in [-0.15, -0.1) is 11.3 Å². The van der Waals surface area contributed by atoms with Gasteiger partial charge < -0.3 is 0 Å². The molecule has 1 aliphatic rings. The van der Waals surface area contributed by atoms with Crippen molar-refractivity contribution in [3.05, 3.63) is 16.1 Å². The SMILES string of the molecule is Cc1nc(CN(C)CC2CC(C(C)(C)C)CCC2=O)cs1. The van der Waals surface area contributed by atoms with Crippen LogP contribution in [0.4, 0.5) is 0 Å². The van der Waals surface area contributed by atoms with Crippen molar-refractivity contribution in [2.24, 2.45) is 17.3 Å². The topological polar surface area (TPSA) is 33.2 Å². The molecule has 4 heteroatoms. The van der Waals surface area contributed by atoms with Gasteiger partial charge in [0, 0.05) is 30.8 Å². The molecule has 1 fully saturated rings. The Morgan fingerprint density at radius 2 is 2.14 bits per heavy atom. The summed E-state index contributed by atoms with van der Waals surface area (Å²) in [5.74, 6) is 1.32. The van der Waals surface area contributed by atoms with Gasteiger partial charge in [0.1, 0.15) is 5.78 Å². The Labute approximate surface area is 132 Å². The van der Waals surface area contributed by atoms with Crippen LogP contribution in [0.15, 0.2) is 5.38 Å². The van der Waals surface area contributed by atoms with Gasteiger partial charge in [0.15, 0.2) is 0 Å². The van der Waals surface area contributed by atoms with E-state index in [4.69, 9.17) is 0 Å². The number of nitrogens with zero attached hydrogens (tertiary/aromatic N) is 2. The average Bonchev–Trinajstić information content (AvgIpc) is 2.76. The van der Waals surface area contributed by atoms with Crippen LogP contribution in [0.2, 0.25) is 0 Å². The highest BCUT2D eigenvalue weighted by Crippen LogP contribution is 2.39. The lowest BCUT2D eigenvalue weighted by Crippen LogP contribution is -2.37. The molecule has 1 heterocycles. The van der Waals surface area contributed by atoms with Gasteiger partial charge in [-0.2, -0.15) is 0 Å². The van der Waals surface area contributed by atoms with Crippen molar-refractivity contribution < 1.29 is 4.79 Å². The maximum Gasteiger partial charge on any atom is 0.137 e. The van der Waals surface area contributed by atoms with E-state index in [0.717, 1.165) is 43.1 Å². The third kappa shape index (κ3) is 4.62. The fourth-order valence-corrected chi connectivity index (χ4v) is 3.88. The quantitative estimate of drug-likeness (QED) is 0.845. The Hall–Kier alpha value is -0.740. The number of thiazole rings is 1. The third-order valence-electron chi connectivity index (χ3n) is 4.62. The van der Waals surface area contributed by atoms with Crippen molar-refractivity contribution in [3.8, 4) is 0 Å². The smallest absolute Gasteiger partial charge is 0.137 e. The fourth-order valence-electron chi connectivity index (χ4n) is 3.27. The van der Waals surface area contributed by atoms with Crippen LogP contribution in [0.1, 0.15) is 50.7 Å². The molecule has 0 saturated heterocycles. The zero-order chi connectivity index (χ0) is 15.6. The van der Waals surface area contributed by atoms with Gasteiger partial charge >= 0.3 is 0 Å². The second kappa shape index (κ2) is 6.57. The number of carbonyl (C=O) groups is 1. The van der Waals surface area contributed by atoms with Crippen LogP contribution in [-0.2, 0) is 11.3 Å². The highest BCUT2D eigenvalue weighted by atomic mass is 32.1. The number of hydrogen-bond donors (Lipinski definition) is 0. The summed E-state index contributed by atoms with van der Waals surface area (Å²) in [6.07, 6.45) is 2.87. The minimum Gasteiger partial charge on any atom is -0.300 e. The van der Waals surface area contributed by atoms with Gasteiger partial charge in [0.05, 0.1) is 10.7 Å². The number of ketones is 1. The molecule has 0 radical (unpaired) electrons. The summed E-state index contributed by atoms with van der Waals surface area (Å²) in [5, 5.41) is 3.23. The molecule has 0 N–H and O–H groups in total. The first kappa shape index (κ1) is 16.6. The molecule has 1 saturated carbocycles. The third-order valence-corrected chi connectivity index (χ3v) is 5.44. The van der Waals surface area contributed by atoms with Crippen molar-refractivity contribution in [1.82, 2.24) is 9.88 Å². The molecule has 0 amide bonds. The number of carbonyl (C=O) groups excluding carboxylic acids is 1. The molecule has 0 spiro atoms. The molecule has 0 aliphatic heterocycles. The first-order valence-corrected chi connectivity index (χ1v) is 8.76. The predicted molar refractivity (Wildman–Crippen MR) is 88.5 cm³/mol. The number of hydrogen-bond acceptors (Lipinski definition) is 4. The van der Waals surface area contributed by atoms with Gasteiger partial charge in [-0.05, 0) is 38.1 Å². The summed E-state index contributed by atoms with van der Waals surface area (Å²) < 4.78 is 0. The van der Waals surface area contributed by atoms with Crippen molar-refractivity contribution in [3.63, 3.8) is 0 Å². The number of aryl methyl sites for hydroxylation is 1. The van der Waals surface area contributed by atoms with Crippen LogP contribution < -0.4 is 0 Å². The first-order chi connectivity index (χ1) is 9.75. The van der Waals surface area contributed by atoms with Gasteiger partial charge in [0.25, 0.3) is 0 Å². The molecular formula is C17H28N2OS. The Balaban J connectivity index is 1.92. The highest BCUT2D eigenvalue weighted by Gasteiger charge is 2.35. The van der Waals surface area contributed by atoms with Crippen LogP contribution >= 0.6 is 11.3 Å². The molecule has 1 aromatic rings. The number of rotatable bonds is 4. The standard InChI is InChI=1S/C17H28N2OS/c1-12-18-15(11-21-12)10-19(5)9-13-8-14(17(2,3)4)6-7-16(13)20/h11,13-14H,6-10H2,1-5H3. The minimum absolute atomic E-state index is 0.202. The van der Waals surface area contributed by atoms with Crippen LogP contribution in [0, 0.1) is 24.2 Å². The average molecular weight is 308 g/mol. The molecule has 0 bridgehead atoms. The molecule has 118 valence electrons. The van der Waals surface area contributed by atoms with Crippen molar-refractivity contribution >= 4 is 17.1 Å². The van der Waals surface area contributed by atoms with E-state index in [2.05, 4.69) is 43.1 Å². The summed E-state index contributed by atoms with van der Waals surface area (Å²) >= 11 is 1.69. The minimum atomic E-state index is 0.202. The summed E-state index contributed by atoms with van der Waals surface area (Å²) in [6, 6.07) is 0. The Morgan fingerprint density at radius 3 is 2.71 bits per heavy atom. The van der Waals surface area contributed by atoms with E-state index in [-0.39, 0.29) is 5.92 Å².